The number of aliphatic hydroxyl groups is 3. The molecule has 5 rings (SSSR count). The van der Waals surface area contributed by atoms with Crippen molar-refractivity contribution >= 4 is 23.4 Å². The first-order chi connectivity index (χ1) is 21.5. The van der Waals surface area contributed by atoms with Crippen molar-refractivity contribution in [1.29, 1.82) is 0 Å². The summed E-state index contributed by atoms with van der Waals surface area (Å²) in [6, 6.07) is 3.39. The van der Waals surface area contributed by atoms with Crippen molar-refractivity contribution in [2.75, 3.05) is 13.7 Å². The number of Topliss-reactive ketones (excluding diaryl/α,β-unsaturated/α-hetero) is 1. The van der Waals surface area contributed by atoms with Crippen LogP contribution in [0.3, 0.4) is 0 Å². The van der Waals surface area contributed by atoms with Gasteiger partial charge in [-0.05, 0) is 33.8 Å². The van der Waals surface area contributed by atoms with Gasteiger partial charge in [0.1, 0.15) is 41.2 Å². The molecule has 0 radical (unpaired) electrons. The summed E-state index contributed by atoms with van der Waals surface area (Å²) in [5, 5.41) is 57.5. The quantitative estimate of drug-likeness (QED) is 0.210. The zero-order valence-electron chi connectivity index (χ0n) is 25.9. The third-order valence-corrected chi connectivity index (χ3v) is 8.46. The van der Waals surface area contributed by atoms with Crippen LogP contribution >= 0.6 is 0 Å². The van der Waals surface area contributed by atoms with Crippen molar-refractivity contribution < 1.29 is 63.7 Å². The molecule has 1 saturated heterocycles. The van der Waals surface area contributed by atoms with Gasteiger partial charge < -0.3 is 49.8 Å². The Morgan fingerprint density at radius 3 is 2.39 bits per heavy atom. The van der Waals surface area contributed by atoms with E-state index in [1.807, 2.05) is 0 Å². The van der Waals surface area contributed by atoms with Crippen molar-refractivity contribution in [3.8, 4) is 17.2 Å². The highest BCUT2D eigenvalue weighted by Gasteiger charge is 2.50. The molecule has 14 nitrogen and oxygen atoms in total. The predicted molar refractivity (Wildman–Crippen MR) is 157 cm³/mol. The van der Waals surface area contributed by atoms with Crippen LogP contribution in [0.1, 0.15) is 89.6 Å². The number of phenols is 2. The number of aliphatic hydroxyl groups excluding tert-OH is 2. The molecule has 1 fully saturated rings. The van der Waals surface area contributed by atoms with Crippen LogP contribution in [0.15, 0.2) is 18.2 Å². The summed E-state index contributed by atoms with van der Waals surface area (Å²) in [4.78, 5) is 52.7. The molecule has 1 heterocycles. The SMILES string of the molecule is COc1cccc2c1C(=O)c1c(O)c3c(c(O)c1C2=O)C[C@](O)(C(=O)CO)C[C@H]3O[C@@H]1C[C@H](NC(=O)OC(C)(C)C)[C@H](O)[C@H](C)O1. The molecule has 248 valence electrons. The molecule has 6 N–H and O–H groups in total. The second-order valence-corrected chi connectivity index (χ2v) is 12.7. The second kappa shape index (κ2) is 11.9. The number of amides is 1. The largest absolute Gasteiger partial charge is 0.507 e. The van der Waals surface area contributed by atoms with Gasteiger partial charge in [-0.25, -0.2) is 4.79 Å². The van der Waals surface area contributed by atoms with Gasteiger partial charge in [0, 0.05) is 36.0 Å². The lowest BCUT2D eigenvalue weighted by Gasteiger charge is -2.42. The fourth-order valence-corrected chi connectivity index (χ4v) is 6.32. The molecular formula is C32H37NO13. The number of aromatic hydroxyl groups is 2. The number of fused-ring (bicyclic) bond motifs is 3. The summed E-state index contributed by atoms with van der Waals surface area (Å²) < 4.78 is 22.6. The number of ether oxygens (including phenoxy) is 4. The summed E-state index contributed by atoms with van der Waals surface area (Å²) in [5.41, 5.74) is -4.78. The summed E-state index contributed by atoms with van der Waals surface area (Å²) in [5.74, 6) is -4.01. The summed E-state index contributed by atoms with van der Waals surface area (Å²) in [6.07, 6.45) is -6.87. The van der Waals surface area contributed by atoms with Crippen LogP contribution in [0.2, 0.25) is 0 Å². The van der Waals surface area contributed by atoms with Gasteiger partial charge in [0.2, 0.25) is 5.78 Å². The molecule has 2 aromatic rings. The molecule has 0 saturated carbocycles. The standard InChI is InChI=1S/C32H37NO13/c1-13-25(36)16(33-30(41)46-31(2,3)4)9-20(44-13)45-18-11-32(42,19(35)12-34)10-15-22(18)29(40)24-23(27(15)38)26(37)14-7-6-8-17(43-5)21(14)28(24)39/h6-8,13,16,18,20,25,34,36,38,40,42H,9-12H2,1-5H3,(H,33,41)/t13-,16-,18+,20+,25+,32+/m0/s1. The molecule has 46 heavy (non-hydrogen) atoms. The van der Waals surface area contributed by atoms with E-state index in [0.717, 1.165) is 0 Å². The number of hydrogen-bond acceptors (Lipinski definition) is 13. The number of ketones is 3. The lowest BCUT2D eigenvalue weighted by Crippen LogP contribution is -2.56. The molecule has 1 amide bonds. The van der Waals surface area contributed by atoms with E-state index in [4.69, 9.17) is 18.9 Å². The van der Waals surface area contributed by atoms with E-state index >= 15 is 0 Å². The number of carbonyl (C=O) groups is 4. The van der Waals surface area contributed by atoms with Crippen molar-refractivity contribution in [3.05, 3.63) is 51.6 Å². The number of phenolic OH excluding ortho intramolecular Hbond substituents is 2. The maximum absolute atomic E-state index is 13.8. The number of alkyl carbamates (subject to hydrolysis) is 1. The first-order valence-corrected chi connectivity index (χ1v) is 14.7. The van der Waals surface area contributed by atoms with Crippen molar-refractivity contribution in [2.45, 2.75) is 88.8 Å². The molecule has 6 atom stereocenters. The second-order valence-electron chi connectivity index (χ2n) is 12.7. The van der Waals surface area contributed by atoms with Gasteiger partial charge in [-0.15, -0.1) is 0 Å². The van der Waals surface area contributed by atoms with Gasteiger partial charge in [-0.1, -0.05) is 12.1 Å². The smallest absolute Gasteiger partial charge is 0.407 e. The molecule has 2 aromatic carbocycles. The first-order valence-electron chi connectivity index (χ1n) is 14.7. The van der Waals surface area contributed by atoms with Crippen LogP contribution in [0.4, 0.5) is 4.79 Å². The highest BCUT2D eigenvalue weighted by Crippen LogP contribution is 2.52. The number of hydrogen-bond donors (Lipinski definition) is 6. The topological polar surface area (TPSA) is 218 Å². The Morgan fingerprint density at radius 1 is 1.09 bits per heavy atom. The molecule has 0 bridgehead atoms. The van der Waals surface area contributed by atoms with E-state index in [1.165, 1.54) is 32.2 Å². The minimum absolute atomic E-state index is 0.0699. The van der Waals surface area contributed by atoms with E-state index < -0.39 is 107 Å². The Bertz CT molecular complexity index is 1610. The van der Waals surface area contributed by atoms with Crippen LogP contribution in [0.25, 0.3) is 0 Å². The molecule has 2 aliphatic carbocycles. The van der Waals surface area contributed by atoms with Gasteiger partial charge in [0.05, 0.1) is 42.0 Å². The zero-order chi connectivity index (χ0) is 33.9. The first kappa shape index (κ1) is 33.3. The third kappa shape index (κ3) is 5.71. The Hall–Kier alpha value is -4.08. The van der Waals surface area contributed by atoms with Crippen LogP contribution in [0.5, 0.6) is 17.2 Å². The highest BCUT2D eigenvalue weighted by molar-refractivity contribution is 6.31. The van der Waals surface area contributed by atoms with Crippen molar-refractivity contribution in [3.63, 3.8) is 0 Å². The van der Waals surface area contributed by atoms with Gasteiger partial charge in [0.15, 0.2) is 17.9 Å². The minimum Gasteiger partial charge on any atom is -0.507 e. The van der Waals surface area contributed by atoms with Crippen molar-refractivity contribution in [2.24, 2.45) is 0 Å². The lowest BCUT2D eigenvalue weighted by atomic mass is 9.72. The van der Waals surface area contributed by atoms with Gasteiger partial charge in [0.25, 0.3) is 0 Å². The third-order valence-electron chi connectivity index (χ3n) is 8.46. The summed E-state index contributed by atoms with van der Waals surface area (Å²) >= 11 is 0. The van der Waals surface area contributed by atoms with Crippen molar-refractivity contribution in [1.82, 2.24) is 5.32 Å². The fraction of sp³-hybridized carbons (Fsp3) is 0.500. The summed E-state index contributed by atoms with van der Waals surface area (Å²) in [6.45, 7) is 5.48. The highest BCUT2D eigenvalue weighted by atomic mass is 16.7. The predicted octanol–water partition coefficient (Wildman–Crippen LogP) is 1.57. The Balaban J connectivity index is 1.58. The molecular weight excluding hydrogens is 606 g/mol. The molecule has 0 unspecified atom stereocenters. The minimum atomic E-state index is -2.32. The molecule has 14 heteroatoms. The number of carbonyl (C=O) groups excluding carboxylic acids is 4. The van der Waals surface area contributed by atoms with E-state index in [1.54, 1.807) is 20.8 Å². The van der Waals surface area contributed by atoms with Crippen LogP contribution in [0, 0.1) is 0 Å². The van der Waals surface area contributed by atoms with Gasteiger partial charge in [-0.2, -0.15) is 0 Å². The van der Waals surface area contributed by atoms with E-state index in [9.17, 15) is 44.7 Å². The lowest BCUT2D eigenvalue weighted by molar-refractivity contribution is -0.249. The maximum Gasteiger partial charge on any atom is 0.407 e. The van der Waals surface area contributed by atoms with Gasteiger partial charge >= 0.3 is 6.09 Å². The number of benzene rings is 2. The Morgan fingerprint density at radius 2 is 1.76 bits per heavy atom. The Kier molecular flexibility index (Phi) is 8.64. The molecule has 1 aliphatic heterocycles. The monoisotopic (exact) mass is 643 g/mol. The zero-order valence-corrected chi connectivity index (χ0v) is 25.9. The van der Waals surface area contributed by atoms with Crippen LogP contribution < -0.4 is 10.1 Å². The summed E-state index contributed by atoms with van der Waals surface area (Å²) in [7, 11) is 1.31. The van der Waals surface area contributed by atoms with E-state index in [2.05, 4.69) is 5.32 Å². The maximum atomic E-state index is 13.8. The van der Waals surface area contributed by atoms with Crippen LogP contribution in [-0.4, -0.2) is 98.4 Å². The number of rotatable bonds is 6. The average Bonchev–Trinajstić information content (AvgIpc) is 2.98. The normalized spacial score (nSPS) is 27.3. The number of methoxy groups -OCH3 is 1. The molecule has 0 aromatic heterocycles. The number of nitrogens with one attached hydrogen (secondary N) is 1. The van der Waals surface area contributed by atoms with E-state index in [0.29, 0.717) is 0 Å². The molecule has 3 aliphatic rings. The van der Waals surface area contributed by atoms with E-state index in [-0.39, 0.29) is 34.4 Å². The Labute approximate surface area is 263 Å². The fourth-order valence-electron chi connectivity index (χ4n) is 6.32. The van der Waals surface area contributed by atoms with Crippen LogP contribution in [-0.2, 0) is 25.4 Å². The molecule has 0 spiro atoms. The van der Waals surface area contributed by atoms with Gasteiger partial charge in [-0.3, -0.25) is 14.4 Å². The average molecular weight is 644 g/mol.